The van der Waals surface area contributed by atoms with Crippen LogP contribution in [0.4, 0.5) is 5.69 Å². The molecular formula is C20H24N2O4S. The molecule has 0 aliphatic carbocycles. The summed E-state index contributed by atoms with van der Waals surface area (Å²) < 4.78 is 5.64. The Morgan fingerprint density at radius 1 is 1.19 bits per heavy atom. The summed E-state index contributed by atoms with van der Waals surface area (Å²) >= 11 is 1.47. The van der Waals surface area contributed by atoms with Gasteiger partial charge in [0.15, 0.2) is 0 Å². The highest BCUT2D eigenvalue weighted by molar-refractivity contribution is 7.99. The lowest BCUT2D eigenvalue weighted by Gasteiger charge is -2.25. The SMILES string of the molecule is CC.CCCCOc1ccc(C2NC(=O)c3cc([N+](=O)[O-])ccc3S2)cc1. The van der Waals surface area contributed by atoms with Crippen LogP contribution in [0.25, 0.3) is 0 Å². The summed E-state index contributed by atoms with van der Waals surface area (Å²) in [5.41, 5.74) is 1.21. The van der Waals surface area contributed by atoms with Gasteiger partial charge < -0.3 is 10.1 Å². The molecule has 1 aliphatic heterocycles. The fraction of sp³-hybridized carbons (Fsp3) is 0.350. The molecule has 2 aromatic rings. The molecule has 7 heteroatoms. The van der Waals surface area contributed by atoms with Gasteiger partial charge in [0.25, 0.3) is 11.6 Å². The number of carbonyl (C=O) groups is 1. The van der Waals surface area contributed by atoms with E-state index in [1.54, 1.807) is 6.07 Å². The van der Waals surface area contributed by atoms with E-state index in [0.29, 0.717) is 12.2 Å². The topological polar surface area (TPSA) is 81.5 Å². The predicted molar refractivity (Wildman–Crippen MR) is 107 cm³/mol. The third-order valence-corrected chi connectivity index (χ3v) is 5.11. The molecule has 3 rings (SSSR count). The minimum absolute atomic E-state index is 0.0819. The largest absolute Gasteiger partial charge is 0.494 e. The molecule has 1 aliphatic rings. The average Bonchev–Trinajstić information content (AvgIpc) is 2.70. The van der Waals surface area contributed by atoms with Gasteiger partial charge in [-0.05, 0) is 30.2 Å². The number of thioether (sulfide) groups is 1. The maximum absolute atomic E-state index is 12.3. The molecule has 0 saturated heterocycles. The molecule has 1 amide bonds. The lowest BCUT2D eigenvalue weighted by molar-refractivity contribution is -0.384. The molecule has 0 fully saturated rings. The van der Waals surface area contributed by atoms with Crippen molar-refractivity contribution in [1.29, 1.82) is 0 Å². The summed E-state index contributed by atoms with van der Waals surface area (Å²) in [4.78, 5) is 23.4. The quantitative estimate of drug-likeness (QED) is 0.411. The Bertz CT molecular complexity index is 793. The van der Waals surface area contributed by atoms with Crippen LogP contribution in [0.5, 0.6) is 5.75 Å². The van der Waals surface area contributed by atoms with Crippen LogP contribution >= 0.6 is 11.8 Å². The zero-order valence-corrected chi connectivity index (χ0v) is 16.5. The van der Waals surface area contributed by atoms with E-state index < -0.39 is 4.92 Å². The fourth-order valence-corrected chi connectivity index (χ4v) is 3.63. The normalized spacial score (nSPS) is 15.1. The summed E-state index contributed by atoms with van der Waals surface area (Å²) in [5.74, 6) is 0.506. The molecule has 1 heterocycles. The molecule has 0 bridgehead atoms. The highest BCUT2D eigenvalue weighted by atomic mass is 32.2. The lowest BCUT2D eigenvalue weighted by atomic mass is 10.1. The number of hydrogen-bond acceptors (Lipinski definition) is 5. The zero-order valence-electron chi connectivity index (χ0n) is 15.7. The number of non-ortho nitro benzene ring substituents is 1. The Kier molecular flexibility index (Phi) is 7.67. The Hall–Kier alpha value is -2.54. The number of nitrogens with zero attached hydrogens (tertiary/aromatic N) is 1. The fourth-order valence-electron chi connectivity index (χ4n) is 2.49. The maximum Gasteiger partial charge on any atom is 0.270 e. The van der Waals surface area contributed by atoms with Crippen LogP contribution in [-0.2, 0) is 0 Å². The number of unbranched alkanes of at least 4 members (excludes halogenated alkanes) is 1. The van der Waals surface area contributed by atoms with Gasteiger partial charge in [0.2, 0.25) is 0 Å². The van der Waals surface area contributed by atoms with Gasteiger partial charge in [0.1, 0.15) is 11.1 Å². The van der Waals surface area contributed by atoms with Gasteiger partial charge in [-0.3, -0.25) is 14.9 Å². The number of nitrogens with one attached hydrogen (secondary N) is 1. The molecule has 144 valence electrons. The molecule has 1 unspecified atom stereocenters. The molecule has 0 spiro atoms. The summed E-state index contributed by atoms with van der Waals surface area (Å²) in [6, 6.07) is 12.0. The molecule has 1 atom stereocenters. The van der Waals surface area contributed by atoms with Gasteiger partial charge in [-0.2, -0.15) is 0 Å². The zero-order chi connectivity index (χ0) is 19.8. The van der Waals surface area contributed by atoms with E-state index in [4.69, 9.17) is 4.74 Å². The molecule has 2 aromatic carbocycles. The van der Waals surface area contributed by atoms with Crippen LogP contribution in [0.3, 0.4) is 0 Å². The summed E-state index contributed by atoms with van der Waals surface area (Å²) in [5, 5.41) is 13.5. The minimum atomic E-state index is -0.498. The first kappa shape index (κ1) is 20.8. The first-order valence-corrected chi connectivity index (χ1v) is 9.95. The highest BCUT2D eigenvalue weighted by Gasteiger charge is 2.27. The number of carbonyl (C=O) groups excluding carboxylic acids is 1. The van der Waals surface area contributed by atoms with E-state index in [2.05, 4.69) is 12.2 Å². The number of benzene rings is 2. The summed E-state index contributed by atoms with van der Waals surface area (Å²) in [6.07, 6.45) is 2.10. The van der Waals surface area contributed by atoms with Crippen molar-refractivity contribution in [2.24, 2.45) is 0 Å². The number of rotatable bonds is 6. The number of nitro benzene ring substituents is 1. The van der Waals surface area contributed by atoms with Gasteiger partial charge in [-0.25, -0.2) is 0 Å². The van der Waals surface area contributed by atoms with E-state index in [9.17, 15) is 14.9 Å². The molecular weight excluding hydrogens is 364 g/mol. The van der Waals surface area contributed by atoms with Crippen molar-refractivity contribution in [3.63, 3.8) is 0 Å². The van der Waals surface area contributed by atoms with Crippen molar-refractivity contribution in [3.8, 4) is 5.75 Å². The molecule has 6 nitrogen and oxygen atoms in total. The molecule has 27 heavy (non-hydrogen) atoms. The Morgan fingerprint density at radius 2 is 1.89 bits per heavy atom. The van der Waals surface area contributed by atoms with Crippen molar-refractivity contribution in [3.05, 3.63) is 63.7 Å². The van der Waals surface area contributed by atoms with E-state index in [-0.39, 0.29) is 17.0 Å². The van der Waals surface area contributed by atoms with Gasteiger partial charge in [-0.15, -0.1) is 0 Å². The van der Waals surface area contributed by atoms with E-state index in [1.165, 1.54) is 23.9 Å². The van der Waals surface area contributed by atoms with Crippen molar-refractivity contribution >= 4 is 23.4 Å². The number of ether oxygens (including phenoxy) is 1. The van der Waals surface area contributed by atoms with Gasteiger partial charge in [0, 0.05) is 17.0 Å². The number of fused-ring (bicyclic) bond motifs is 1. The highest BCUT2D eigenvalue weighted by Crippen LogP contribution is 2.40. The monoisotopic (exact) mass is 388 g/mol. The Labute approximate surface area is 163 Å². The second-order valence-electron chi connectivity index (χ2n) is 5.68. The summed E-state index contributed by atoms with van der Waals surface area (Å²) in [7, 11) is 0. The first-order chi connectivity index (χ1) is 13.1. The molecule has 0 radical (unpaired) electrons. The van der Waals surface area contributed by atoms with E-state index in [0.717, 1.165) is 29.1 Å². The second-order valence-corrected chi connectivity index (χ2v) is 6.83. The van der Waals surface area contributed by atoms with Crippen LogP contribution in [0, 0.1) is 10.1 Å². The number of hydrogen-bond donors (Lipinski definition) is 1. The van der Waals surface area contributed by atoms with Gasteiger partial charge >= 0.3 is 0 Å². The Morgan fingerprint density at radius 3 is 2.52 bits per heavy atom. The van der Waals surface area contributed by atoms with Gasteiger partial charge in [0.05, 0.1) is 17.1 Å². The van der Waals surface area contributed by atoms with Crippen LogP contribution in [0.15, 0.2) is 47.4 Å². The van der Waals surface area contributed by atoms with Crippen molar-refractivity contribution in [1.82, 2.24) is 5.32 Å². The smallest absolute Gasteiger partial charge is 0.270 e. The van der Waals surface area contributed by atoms with Crippen LogP contribution in [-0.4, -0.2) is 17.4 Å². The molecule has 0 saturated carbocycles. The number of amides is 1. The third kappa shape index (κ3) is 5.23. The van der Waals surface area contributed by atoms with Crippen molar-refractivity contribution in [2.75, 3.05) is 6.61 Å². The first-order valence-electron chi connectivity index (χ1n) is 9.07. The maximum atomic E-state index is 12.3. The lowest BCUT2D eigenvalue weighted by Crippen LogP contribution is -2.30. The van der Waals surface area contributed by atoms with Crippen LogP contribution in [0.2, 0.25) is 0 Å². The molecule has 0 aromatic heterocycles. The third-order valence-electron chi connectivity index (χ3n) is 3.88. The minimum Gasteiger partial charge on any atom is -0.494 e. The van der Waals surface area contributed by atoms with Gasteiger partial charge in [-0.1, -0.05) is 51.1 Å². The van der Waals surface area contributed by atoms with E-state index >= 15 is 0 Å². The summed E-state index contributed by atoms with van der Waals surface area (Å²) in [6.45, 7) is 6.80. The van der Waals surface area contributed by atoms with Crippen LogP contribution < -0.4 is 10.1 Å². The van der Waals surface area contributed by atoms with Crippen molar-refractivity contribution < 1.29 is 14.5 Å². The average molecular weight is 388 g/mol. The van der Waals surface area contributed by atoms with Crippen molar-refractivity contribution in [2.45, 2.75) is 43.9 Å². The van der Waals surface area contributed by atoms with E-state index in [1.807, 2.05) is 38.1 Å². The standard InChI is InChI=1S/C18H18N2O4S.C2H6/c1-2-3-10-24-14-7-4-12(5-8-14)18-19-17(21)15-11-13(20(22)23)6-9-16(15)25-18;1-2/h4-9,11,18H,2-3,10H2,1H3,(H,19,21);1-2H3. The molecule has 1 N–H and O–H groups in total. The second kappa shape index (κ2) is 9.97. The number of nitro groups is 1. The predicted octanol–water partition coefficient (Wildman–Crippen LogP) is 5.33. The van der Waals surface area contributed by atoms with Crippen LogP contribution in [0.1, 0.15) is 54.9 Å². The Balaban J connectivity index is 0.00000126.